The molecule has 3 aromatic rings. The molecule has 2 heterocycles. The van der Waals surface area contributed by atoms with E-state index in [1.165, 1.54) is 0 Å². The number of aromatic nitrogens is 2. The van der Waals surface area contributed by atoms with Crippen LogP contribution in [0.1, 0.15) is 34.8 Å². The van der Waals surface area contributed by atoms with Crippen molar-refractivity contribution in [3.05, 3.63) is 76.6 Å². The summed E-state index contributed by atoms with van der Waals surface area (Å²) in [5, 5.41) is 8.01. The molecule has 0 saturated carbocycles. The van der Waals surface area contributed by atoms with E-state index < -0.39 is 0 Å². The molecule has 144 valence electrons. The summed E-state index contributed by atoms with van der Waals surface area (Å²) in [6.07, 6.45) is -0.119. The molecule has 1 unspecified atom stereocenters. The first-order chi connectivity index (χ1) is 13.6. The van der Waals surface area contributed by atoms with Crippen LogP contribution in [0.5, 0.6) is 5.75 Å². The predicted molar refractivity (Wildman–Crippen MR) is 107 cm³/mol. The second-order valence-corrected chi connectivity index (χ2v) is 6.90. The van der Waals surface area contributed by atoms with Gasteiger partial charge in [-0.3, -0.25) is 9.48 Å². The second-order valence-electron chi connectivity index (χ2n) is 6.47. The summed E-state index contributed by atoms with van der Waals surface area (Å²) >= 11 is 5.95. The lowest BCUT2D eigenvalue weighted by atomic mass is 10.1. The smallest absolute Gasteiger partial charge is 0.276 e. The average molecular weight is 398 g/mol. The van der Waals surface area contributed by atoms with Crippen LogP contribution in [0.2, 0.25) is 5.02 Å². The number of fused-ring (bicyclic) bond motifs is 1. The SMILES string of the molecule is CCOc1ccc(NC(=O)c2cc3n(n2)CC(c2ccc(Cl)cc2)OC3)cc1. The predicted octanol–water partition coefficient (Wildman–Crippen LogP) is 4.46. The lowest BCUT2D eigenvalue weighted by Gasteiger charge is -2.24. The van der Waals surface area contributed by atoms with Crippen molar-refractivity contribution in [2.24, 2.45) is 0 Å². The molecule has 28 heavy (non-hydrogen) atoms. The zero-order valence-corrected chi connectivity index (χ0v) is 16.1. The number of nitrogens with one attached hydrogen (secondary N) is 1. The van der Waals surface area contributed by atoms with E-state index in [0.717, 1.165) is 17.0 Å². The molecule has 2 aromatic carbocycles. The van der Waals surface area contributed by atoms with Crippen molar-refractivity contribution in [2.75, 3.05) is 11.9 Å². The molecule has 6 nitrogen and oxygen atoms in total. The van der Waals surface area contributed by atoms with Gasteiger partial charge in [0.1, 0.15) is 11.9 Å². The van der Waals surface area contributed by atoms with Crippen molar-refractivity contribution in [1.82, 2.24) is 9.78 Å². The zero-order chi connectivity index (χ0) is 19.5. The summed E-state index contributed by atoms with van der Waals surface area (Å²) < 4.78 is 13.2. The third kappa shape index (κ3) is 4.03. The molecular weight excluding hydrogens is 378 g/mol. The fourth-order valence-electron chi connectivity index (χ4n) is 3.11. The molecule has 0 fully saturated rings. The number of hydrogen-bond acceptors (Lipinski definition) is 4. The fourth-order valence-corrected chi connectivity index (χ4v) is 3.24. The van der Waals surface area contributed by atoms with Gasteiger partial charge in [0.15, 0.2) is 5.69 Å². The van der Waals surface area contributed by atoms with Gasteiger partial charge in [-0.1, -0.05) is 23.7 Å². The van der Waals surface area contributed by atoms with Crippen molar-refractivity contribution >= 4 is 23.2 Å². The molecule has 4 rings (SSSR count). The van der Waals surface area contributed by atoms with Crippen LogP contribution in [0.25, 0.3) is 0 Å². The Hall–Kier alpha value is -2.83. The van der Waals surface area contributed by atoms with Crippen LogP contribution in [0.15, 0.2) is 54.6 Å². The summed E-state index contributed by atoms with van der Waals surface area (Å²) in [5.41, 5.74) is 2.96. The van der Waals surface area contributed by atoms with Crippen molar-refractivity contribution < 1.29 is 14.3 Å². The largest absolute Gasteiger partial charge is 0.494 e. The van der Waals surface area contributed by atoms with Gasteiger partial charge < -0.3 is 14.8 Å². The Bertz CT molecular complexity index is 968. The maximum Gasteiger partial charge on any atom is 0.276 e. The molecule has 1 atom stereocenters. The van der Waals surface area contributed by atoms with E-state index in [0.29, 0.717) is 36.2 Å². The van der Waals surface area contributed by atoms with E-state index >= 15 is 0 Å². The summed E-state index contributed by atoms with van der Waals surface area (Å²) in [7, 11) is 0. The molecule has 0 radical (unpaired) electrons. The Morgan fingerprint density at radius 3 is 2.71 bits per heavy atom. The first-order valence-electron chi connectivity index (χ1n) is 9.10. The van der Waals surface area contributed by atoms with Crippen molar-refractivity contribution in [2.45, 2.75) is 26.2 Å². The van der Waals surface area contributed by atoms with E-state index in [4.69, 9.17) is 21.1 Å². The number of amides is 1. The van der Waals surface area contributed by atoms with Crippen molar-refractivity contribution in [3.8, 4) is 5.75 Å². The Labute approximate surface area is 168 Å². The number of nitrogens with zero attached hydrogens (tertiary/aromatic N) is 2. The van der Waals surface area contributed by atoms with E-state index in [9.17, 15) is 4.79 Å². The van der Waals surface area contributed by atoms with E-state index in [-0.39, 0.29) is 12.0 Å². The maximum atomic E-state index is 12.6. The number of carbonyl (C=O) groups excluding carboxylic acids is 1. The minimum atomic E-state index is -0.255. The number of carbonyl (C=O) groups is 1. The molecule has 1 amide bonds. The Kier molecular flexibility index (Phi) is 5.32. The highest BCUT2D eigenvalue weighted by molar-refractivity contribution is 6.30. The first kappa shape index (κ1) is 18.5. The van der Waals surface area contributed by atoms with E-state index in [2.05, 4.69) is 10.4 Å². The molecular formula is C21H20ClN3O3. The van der Waals surface area contributed by atoms with Crippen LogP contribution in [0.4, 0.5) is 5.69 Å². The number of anilines is 1. The number of rotatable bonds is 5. The molecule has 0 aliphatic carbocycles. The van der Waals surface area contributed by atoms with Gasteiger partial charge in [-0.25, -0.2) is 0 Å². The third-order valence-electron chi connectivity index (χ3n) is 4.53. The van der Waals surface area contributed by atoms with Crippen LogP contribution in [0, 0.1) is 0 Å². The van der Waals surface area contributed by atoms with E-state index in [1.54, 1.807) is 18.2 Å². The highest BCUT2D eigenvalue weighted by Crippen LogP contribution is 2.27. The molecule has 1 aliphatic rings. The molecule has 7 heteroatoms. The van der Waals surface area contributed by atoms with Gasteiger partial charge in [-0.15, -0.1) is 0 Å². The van der Waals surface area contributed by atoms with Gasteiger partial charge in [0.2, 0.25) is 0 Å². The third-order valence-corrected chi connectivity index (χ3v) is 4.78. The molecule has 1 N–H and O–H groups in total. The summed E-state index contributed by atoms with van der Waals surface area (Å²) in [6, 6.07) is 16.6. The Morgan fingerprint density at radius 2 is 2.00 bits per heavy atom. The number of benzene rings is 2. The minimum Gasteiger partial charge on any atom is -0.494 e. The van der Waals surface area contributed by atoms with Crippen LogP contribution in [-0.4, -0.2) is 22.3 Å². The van der Waals surface area contributed by atoms with Crippen LogP contribution >= 0.6 is 11.6 Å². The summed E-state index contributed by atoms with van der Waals surface area (Å²) in [5.74, 6) is 0.512. The second kappa shape index (κ2) is 8.04. The van der Waals surface area contributed by atoms with Gasteiger partial charge in [0.25, 0.3) is 5.91 Å². The summed E-state index contributed by atoms with van der Waals surface area (Å²) in [4.78, 5) is 12.6. The molecule has 1 aliphatic heterocycles. The van der Waals surface area contributed by atoms with Crippen LogP contribution < -0.4 is 10.1 Å². The minimum absolute atomic E-state index is 0.119. The molecule has 0 saturated heterocycles. The molecule has 0 bridgehead atoms. The lowest BCUT2D eigenvalue weighted by Crippen LogP contribution is -2.22. The summed E-state index contributed by atoms with van der Waals surface area (Å²) in [6.45, 7) is 3.48. The van der Waals surface area contributed by atoms with Gasteiger partial charge in [0.05, 0.1) is 25.5 Å². The quantitative estimate of drug-likeness (QED) is 0.690. The highest BCUT2D eigenvalue weighted by atomic mass is 35.5. The number of halogens is 1. The van der Waals surface area contributed by atoms with Gasteiger partial charge in [-0.05, 0) is 55.0 Å². The maximum absolute atomic E-state index is 12.6. The highest BCUT2D eigenvalue weighted by Gasteiger charge is 2.24. The number of hydrogen-bond donors (Lipinski definition) is 1. The van der Waals surface area contributed by atoms with Gasteiger partial charge in [0, 0.05) is 10.7 Å². The van der Waals surface area contributed by atoms with E-state index in [1.807, 2.05) is 48.0 Å². The monoisotopic (exact) mass is 397 g/mol. The van der Waals surface area contributed by atoms with Crippen molar-refractivity contribution in [1.29, 1.82) is 0 Å². The number of ether oxygens (including phenoxy) is 2. The van der Waals surface area contributed by atoms with Gasteiger partial charge >= 0.3 is 0 Å². The van der Waals surface area contributed by atoms with Crippen LogP contribution in [-0.2, 0) is 17.9 Å². The van der Waals surface area contributed by atoms with Gasteiger partial charge in [-0.2, -0.15) is 5.10 Å². The Balaban J connectivity index is 1.44. The fraction of sp³-hybridized carbons (Fsp3) is 0.238. The normalized spacial score (nSPS) is 15.7. The first-order valence-corrected chi connectivity index (χ1v) is 9.48. The lowest BCUT2D eigenvalue weighted by molar-refractivity contribution is -0.00118. The average Bonchev–Trinajstić information content (AvgIpc) is 3.14. The standard InChI is InChI=1S/C21H20ClN3O3/c1-2-27-18-9-7-16(8-10-18)23-21(26)19-11-17-13-28-20(12-25(17)24-19)14-3-5-15(22)6-4-14/h3-11,20H,2,12-13H2,1H3,(H,23,26). The molecule has 0 spiro atoms. The topological polar surface area (TPSA) is 65.4 Å². The zero-order valence-electron chi connectivity index (χ0n) is 15.4. The Morgan fingerprint density at radius 1 is 1.25 bits per heavy atom. The van der Waals surface area contributed by atoms with Crippen LogP contribution in [0.3, 0.4) is 0 Å². The molecule has 1 aromatic heterocycles. The van der Waals surface area contributed by atoms with Crippen molar-refractivity contribution in [3.63, 3.8) is 0 Å².